The van der Waals surface area contributed by atoms with Gasteiger partial charge in [-0.05, 0) is 19.8 Å². The van der Waals surface area contributed by atoms with Gasteiger partial charge in [0.1, 0.15) is 17.5 Å². The lowest BCUT2D eigenvalue weighted by molar-refractivity contribution is 0.164. The first-order valence-electron chi connectivity index (χ1n) is 6.97. The Morgan fingerprint density at radius 1 is 1.21 bits per heavy atom. The molecule has 0 aliphatic carbocycles. The van der Waals surface area contributed by atoms with Gasteiger partial charge in [0.15, 0.2) is 0 Å². The SMILES string of the molecule is CCC(O)CCNc1nc(C(C)C)nc(NC)c1C. The van der Waals surface area contributed by atoms with E-state index in [1.54, 1.807) is 0 Å². The van der Waals surface area contributed by atoms with E-state index in [-0.39, 0.29) is 12.0 Å². The molecule has 1 atom stereocenters. The Balaban J connectivity index is 2.83. The molecule has 0 aliphatic rings. The van der Waals surface area contributed by atoms with Gasteiger partial charge >= 0.3 is 0 Å². The Kier molecular flexibility index (Phi) is 6.02. The van der Waals surface area contributed by atoms with Crippen molar-refractivity contribution in [2.75, 3.05) is 24.2 Å². The average Bonchev–Trinajstić information content (AvgIpc) is 2.40. The molecular formula is C14H26N4O. The number of rotatable bonds is 7. The minimum Gasteiger partial charge on any atom is -0.393 e. The number of nitrogens with zero attached hydrogens (tertiary/aromatic N) is 2. The first-order chi connectivity index (χ1) is 8.99. The van der Waals surface area contributed by atoms with Crippen LogP contribution in [0.25, 0.3) is 0 Å². The van der Waals surface area contributed by atoms with Crippen molar-refractivity contribution in [1.29, 1.82) is 0 Å². The van der Waals surface area contributed by atoms with Crippen molar-refractivity contribution in [2.45, 2.75) is 52.6 Å². The zero-order valence-corrected chi connectivity index (χ0v) is 12.6. The van der Waals surface area contributed by atoms with Gasteiger partial charge in [0, 0.05) is 25.1 Å². The van der Waals surface area contributed by atoms with E-state index < -0.39 is 0 Å². The van der Waals surface area contributed by atoms with Crippen LogP contribution in [0.1, 0.15) is 50.9 Å². The van der Waals surface area contributed by atoms with E-state index in [0.717, 1.165) is 35.9 Å². The summed E-state index contributed by atoms with van der Waals surface area (Å²) < 4.78 is 0. The van der Waals surface area contributed by atoms with Gasteiger partial charge in [0.05, 0.1) is 6.10 Å². The summed E-state index contributed by atoms with van der Waals surface area (Å²) in [6, 6.07) is 0. The van der Waals surface area contributed by atoms with Gasteiger partial charge in [0.2, 0.25) is 0 Å². The molecule has 1 aromatic rings. The quantitative estimate of drug-likeness (QED) is 0.707. The second-order valence-corrected chi connectivity index (χ2v) is 5.09. The molecule has 0 spiro atoms. The first kappa shape index (κ1) is 15.7. The number of hydrogen-bond acceptors (Lipinski definition) is 5. The first-order valence-corrected chi connectivity index (χ1v) is 6.97. The fraction of sp³-hybridized carbons (Fsp3) is 0.714. The average molecular weight is 266 g/mol. The molecule has 0 saturated carbocycles. The van der Waals surface area contributed by atoms with Crippen molar-refractivity contribution in [3.8, 4) is 0 Å². The summed E-state index contributed by atoms with van der Waals surface area (Å²) in [6.45, 7) is 8.85. The van der Waals surface area contributed by atoms with Crippen LogP contribution in [-0.2, 0) is 0 Å². The summed E-state index contributed by atoms with van der Waals surface area (Å²) in [5.74, 6) is 2.83. The number of hydrogen-bond donors (Lipinski definition) is 3. The minimum atomic E-state index is -0.247. The molecule has 0 amide bonds. The van der Waals surface area contributed by atoms with Gasteiger partial charge in [0.25, 0.3) is 0 Å². The Hall–Kier alpha value is -1.36. The summed E-state index contributed by atoms with van der Waals surface area (Å²) in [5, 5.41) is 16.0. The highest BCUT2D eigenvalue weighted by molar-refractivity contribution is 5.57. The Morgan fingerprint density at radius 2 is 1.84 bits per heavy atom. The highest BCUT2D eigenvalue weighted by atomic mass is 16.3. The second-order valence-electron chi connectivity index (χ2n) is 5.09. The zero-order chi connectivity index (χ0) is 14.4. The molecule has 108 valence electrons. The van der Waals surface area contributed by atoms with Crippen LogP contribution < -0.4 is 10.6 Å². The molecule has 0 fully saturated rings. The van der Waals surface area contributed by atoms with Crippen LogP contribution in [0.4, 0.5) is 11.6 Å². The normalized spacial score (nSPS) is 12.6. The maximum Gasteiger partial charge on any atom is 0.135 e. The summed E-state index contributed by atoms with van der Waals surface area (Å²) >= 11 is 0. The fourth-order valence-corrected chi connectivity index (χ4v) is 1.77. The van der Waals surface area contributed by atoms with Crippen LogP contribution in [0.3, 0.4) is 0 Å². The molecule has 1 unspecified atom stereocenters. The molecule has 5 heteroatoms. The van der Waals surface area contributed by atoms with Crippen LogP contribution in [0.5, 0.6) is 0 Å². The van der Waals surface area contributed by atoms with E-state index in [0.29, 0.717) is 6.54 Å². The summed E-state index contributed by atoms with van der Waals surface area (Å²) in [6.07, 6.45) is 1.26. The number of anilines is 2. The molecule has 0 aromatic carbocycles. The summed E-state index contributed by atoms with van der Waals surface area (Å²) in [7, 11) is 1.87. The number of aliphatic hydroxyl groups is 1. The van der Waals surface area contributed by atoms with Crippen LogP contribution in [-0.4, -0.2) is 34.8 Å². The van der Waals surface area contributed by atoms with Gasteiger partial charge in [-0.2, -0.15) is 0 Å². The number of aliphatic hydroxyl groups excluding tert-OH is 1. The number of aromatic nitrogens is 2. The van der Waals surface area contributed by atoms with Gasteiger partial charge in [-0.3, -0.25) is 0 Å². The molecule has 0 bridgehead atoms. The Labute approximate surface area is 115 Å². The Morgan fingerprint density at radius 3 is 2.37 bits per heavy atom. The molecule has 1 rings (SSSR count). The largest absolute Gasteiger partial charge is 0.393 e. The third-order valence-electron chi connectivity index (χ3n) is 3.16. The van der Waals surface area contributed by atoms with Gasteiger partial charge in [-0.1, -0.05) is 20.8 Å². The van der Waals surface area contributed by atoms with E-state index >= 15 is 0 Å². The molecule has 3 N–H and O–H groups in total. The van der Waals surface area contributed by atoms with Crippen molar-refractivity contribution in [3.05, 3.63) is 11.4 Å². The molecule has 19 heavy (non-hydrogen) atoms. The molecule has 1 aromatic heterocycles. The fourth-order valence-electron chi connectivity index (χ4n) is 1.77. The molecule has 5 nitrogen and oxygen atoms in total. The summed E-state index contributed by atoms with van der Waals surface area (Å²) in [5.41, 5.74) is 1.01. The van der Waals surface area contributed by atoms with Gasteiger partial charge in [-0.15, -0.1) is 0 Å². The van der Waals surface area contributed by atoms with Crippen molar-refractivity contribution in [1.82, 2.24) is 9.97 Å². The van der Waals surface area contributed by atoms with Crippen LogP contribution in [0.2, 0.25) is 0 Å². The lowest BCUT2D eigenvalue weighted by Gasteiger charge is -2.16. The predicted octanol–water partition coefficient (Wildman–Crippen LogP) is 2.52. The van der Waals surface area contributed by atoms with Gasteiger partial charge < -0.3 is 15.7 Å². The monoisotopic (exact) mass is 266 g/mol. The van der Waals surface area contributed by atoms with Crippen molar-refractivity contribution >= 4 is 11.6 Å². The third kappa shape index (κ3) is 4.35. The van der Waals surface area contributed by atoms with Gasteiger partial charge in [-0.25, -0.2) is 9.97 Å². The van der Waals surface area contributed by atoms with E-state index in [1.165, 1.54) is 0 Å². The topological polar surface area (TPSA) is 70.1 Å². The maximum atomic E-state index is 9.56. The highest BCUT2D eigenvalue weighted by Crippen LogP contribution is 2.22. The van der Waals surface area contributed by atoms with Crippen LogP contribution in [0, 0.1) is 6.92 Å². The molecule has 1 heterocycles. The van der Waals surface area contributed by atoms with Crippen LogP contribution in [0.15, 0.2) is 0 Å². The number of nitrogens with one attached hydrogen (secondary N) is 2. The van der Waals surface area contributed by atoms with Crippen molar-refractivity contribution in [2.24, 2.45) is 0 Å². The van der Waals surface area contributed by atoms with E-state index in [4.69, 9.17) is 0 Å². The molecular weight excluding hydrogens is 240 g/mol. The Bertz CT molecular complexity index is 407. The highest BCUT2D eigenvalue weighted by Gasteiger charge is 2.12. The zero-order valence-electron chi connectivity index (χ0n) is 12.6. The molecule has 0 aliphatic heterocycles. The maximum absolute atomic E-state index is 9.56. The minimum absolute atomic E-state index is 0.247. The van der Waals surface area contributed by atoms with E-state index in [9.17, 15) is 5.11 Å². The standard InChI is InChI=1S/C14H26N4O/c1-6-11(19)7-8-16-14-10(4)13(15-5)17-12(18-14)9(2)3/h9,11,19H,6-8H2,1-5H3,(H2,15,16,17,18). The third-order valence-corrected chi connectivity index (χ3v) is 3.16. The summed E-state index contributed by atoms with van der Waals surface area (Å²) in [4.78, 5) is 9.06. The second kappa shape index (κ2) is 7.28. The van der Waals surface area contributed by atoms with Crippen molar-refractivity contribution in [3.63, 3.8) is 0 Å². The predicted molar refractivity (Wildman–Crippen MR) is 79.8 cm³/mol. The van der Waals surface area contributed by atoms with E-state index in [1.807, 2.05) is 20.9 Å². The van der Waals surface area contributed by atoms with Crippen LogP contribution >= 0.6 is 0 Å². The molecule has 0 radical (unpaired) electrons. The van der Waals surface area contributed by atoms with E-state index in [2.05, 4.69) is 34.4 Å². The lowest BCUT2D eigenvalue weighted by Crippen LogP contribution is -2.15. The van der Waals surface area contributed by atoms with Crippen molar-refractivity contribution < 1.29 is 5.11 Å². The molecule has 0 saturated heterocycles. The smallest absolute Gasteiger partial charge is 0.135 e. The lowest BCUT2D eigenvalue weighted by atomic mass is 10.2.